The van der Waals surface area contributed by atoms with Crippen molar-refractivity contribution in [3.8, 4) is 0 Å². The number of nitrogens with one attached hydrogen (secondary N) is 3. The predicted octanol–water partition coefficient (Wildman–Crippen LogP) is 4.01. The van der Waals surface area contributed by atoms with Crippen LogP contribution in [0.15, 0.2) is 33.7 Å². The maximum Gasteiger partial charge on any atom is 0.286 e. The van der Waals surface area contributed by atoms with E-state index in [0.29, 0.717) is 10.9 Å². The quantitative estimate of drug-likeness (QED) is 0.605. The molecule has 140 valence electrons. The Morgan fingerprint density at radius 3 is 2.65 bits per heavy atom. The lowest BCUT2D eigenvalue weighted by atomic mass is 10.1. The van der Waals surface area contributed by atoms with E-state index in [1.54, 1.807) is 13.8 Å². The number of aromatic amines is 1. The lowest BCUT2D eigenvalue weighted by Gasteiger charge is -2.23. The minimum atomic E-state index is -1.24. The van der Waals surface area contributed by atoms with E-state index in [0.717, 1.165) is 6.20 Å². The molecular weight excluding hydrogens is 412 g/mol. The van der Waals surface area contributed by atoms with E-state index in [-0.39, 0.29) is 11.3 Å². The molecule has 0 fully saturated rings. The fourth-order valence-corrected chi connectivity index (χ4v) is 2.18. The van der Waals surface area contributed by atoms with Crippen LogP contribution in [-0.4, -0.2) is 16.5 Å². The Kier molecular flexibility index (Phi) is 6.14. The number of carbonyl (C=O) groups is 1. The molecular formula is C17H18BrF2N3O3. The zero-order valence-corrected chi connectivity index (χ0v) is 16.0. The molecule has 0 aliphatic heterocycles. The monoisotopic (exact) mass is 429 g/mol. The van der Waals surface area contributed by atoms with Gasteiger partial charge in [0.15, 0.2) is 0 Å². The summed E-state index contributed by atoms with van der Waals surface area (Å²) >= 11 is 3.11. The highest BCUT2D eigenvalue weighted by atomic mass is 79.9. The number of hydroxylamine groups is 1. The zero-order chi connectivity index (χ0) is 19.5. The summed E-state index contributed by atoms with van der Waals surface area (Å²) in [6.07, 6.45) is 1.64. The molecule has 9 heteroatoms. The van der Waals surface area contributed by atoms with Crippen LogP contribution in [0.1, 0.15) is 37.6 Å². The van der Waals surface area contributed by atoms with Crippen molar-refractivity contribution in [3.63, 3.8) is 0 Å². The topological polar surface area (TPSA) is 83.2 Å². The van der Waals surface area contributed by atoms with Gasteiger partial charge in [-0.05, 0) is 38.5 Å². The van der Waals surface area contributed by atoms with Gasteiger partial charge < -0.3 is 10.3 Å². The summed E-state index contributed by atoms with van der Waals surface area (Å²) in [4.78, 5) is 31.3. The van der Waals surface area contributed by atoms with Crippen LogP contribution in [0.3, 0.4) is 0 Å². The Balaban J connectivity index is 2.37. The molecule has 0 saturated carbocycles. The van der Waals surface area contributed by atoms with Crippen LogP contribution in [0.5, 0.6) is 0 Å². The number of H-pyrrole nitrogens is 1. The van der Waals surface area contributed by atoms with Gasteiger partial charge in [0, 0.05) is 10.7 Å². The first-order valence-electron chi connectivity index (χ1n) is 7.76. The Morgan fingerprint density at radius 2 is 2.04 bits per heavy atom. The smallest absolute Gasteiger partial charge is 0.286 e. The number of hydrogen-bond donors (Lipinski definition) is 3. The number of carbonyl (C=O) groups excluding carboxylic acids is 1. The van der Waals surface area contributed by atoms with Crippen molar-refractivity contribution < 1.29 is 18.4 Å². The number of halogens is 3. The lowest BCUT2D eigenvalue weighted by Crippen LogP contribution is -2.36. The molecule has 3 N–H and O–H groups in total. The van der Waals surface area contributed by atoms with Crippen molar-refractivity contribution in [2.45, 2.75) is 32.8 Å². The van der Waals surface area contributed by atoms with Gasteiger partial charge in [0.25, 0.3) is 11.5 Å². The summed E-state index contributed by atoms with van der Waals surface area (Å²) in [7, 11) is 0. The van der Waals surface area contributed by atoms with E-state index in [4.69, 9.17) is 4.84 Å². The second-order valence-corrected chi connectivity index (χ2v) is 7.03. The fourth-order valence-electron chi connectivity index (χ4n) is 1.84. The van der Waals surface area contributed by atoms with Crippen molar-refractivity contribution in [2.24, 2.45) is 0 Å². The van der Waals surface area contributed by atoms with Crippen LogP contribution in [-0.2, 0) is 4.84 Å². The Morgan fingerprint density at radius 1 is 1.35 bits per heavy atom. The zero-order valence-electron chi connectivity index (χ0n) is 14.4. The number of pyridine rings is 1. The Labute approximate surface area is 157 Å². The van der Waals surface area contributed by atoms with E-state index < -0.39 is 34.4 Å². The number of amides is 1. The van der Waals surface area contributed by atoms with Gasteiger partial charge in [-0.2, -0.15) is 4.39 Å². The van der Waals surface area contributed by atoms with Gasteiger partial charge in [0.05, 0.1) is 22.5 Å². The molecule has 0 atom stereocenters. The molecule has 0 bridgehead atoms. The van der Waals surface area contributed by atoms with Crippen molar-refractivity contribution in [2.75, 3.05) is 5.32 Å². The number of rotatable bonds is 6. The van der Waals surface area contributed by atoms with Gasteiger partial charge in [-0.15, -0.1) is 0 Å². The van der Waals surface area contributed by atoms with E-state index in [2.05, 4.69) is 31.7 Å². The SMILES string of the molecule is CCC(C)(C)ONC(=O)c1c[nH]c(=O)c(F)c1Nc1ccc(Br)cc1F. The summed E-state index contributed by atoms with van der Waals surface area (Å²) in [6, 6.07) is 4.04. The number of aromatic nitrogens is 1. The van der Waals surface area contributed by atoms with Gasteiger partial charge >= 0.3 is 0 Å². The molecule has 0 unspecified atom stereocenters. The van der Waals surface area contributed by atoms with Crippen LogP contribution in [0.25, 0.3) is 0 Å². The highest BCUT2D eigenvalue weighted by molar-refractivity contribution is 9.10. The lowest BCUT2D eigenvalue weighted by molar-refractivity contribution is -0.0720. The first-order chi connectivity index (χ1) is 12.1. The normalized spacial score (nSPS) is 11.3. The Bertz CT molecular complexity index is 884. The third-order valence-corrected chi connectivity index (χ3v) is 4.24. The standard InChI is InChI=1S/C17H18BrF2N3O3/c1-4-17(2,3)26-23-15(24)10-8-21-16(25)13(20)14(10)22-12-6-5-9(18)7-11(12)19/h5-8H,4H2,1-3H3,(H,23,24)(H2,21,22,25). The molecule has 1 aromatic carbocycles. The van der Waals surface area contributed by atoms with Crippen LogP contribution in [0.4, 0.5) is 20.2 Å². The predicted molar refractivity (Wildman–Crippen MR) is 97.3 cm³/mol. The third kappa shape index (κ3) is 4.67. The van der Waals surface area contributed by atoms with Crippen LogP contribution < -0.4 is 16.4 Å². The van der Waals surface area contributed by atoms with Gasteiger partial charge in [0.2, 0.25) is 5.82 Å². The van der Waals surface area contributed by atoms with Crippen LogP contribution in [0, 0.1) is 11.6 Å². The molecule has 0 aliphatic rings. The molecule has 0 aliphatic carbocycles. The van der Waals surface area contributed by atoms with Gasteiger partial charge in [-0.25, -0.2) is 9.87 Å². The summed E-state index contributed by atoms with van der Waals surface area (Å²) < 4.78 is 28.8. The van der Waals surface area contributed by atoms with Crippen molar-refractivity contribution in [3.05, 3.63) is 56.4 Å². The molecule has 2 rings (SSSR count). The van der Waals surface area contributed by atoms with E-state index in [9.17, 15) is 18.4 Å². The summed E-state index contributed by atoms with van der Waals surface area (Å²) in [5.41, 5.74) is -0.253. The summed E-state index contributed by atoms with van der Waals surface area (Å²) in [6.45, 7) is 5.39. The molecule has 26 heavy (non-hydrogen) atoms. The molecule has 1 aromatic heterocycles. The van der Waals surface area contributed by atoms with Gasteiger partial charge in [-0.1, -0.05) is 22.9 Å². The van der Waals surface area contributed by atoms with Crippen molar-refractivity contribution >= 4 is 33.2 Å². The maximum atomic E-state index is 14.3. The third-order valence-electron chi connectivity index (χ3n) is 3.74. The van der Waals surface area contributed by atoms with Crippen LogP contribution in [0.2, 0.25) is 0 Å². The highest BCUT2D eigenvalue weighted by Gasteiger charge is 2.23. The first-order valence-corrected chi connectivity index (χ1v) is 8.55. The summed E-state index contributed by atoms with van der Waals surface area (Å²) in [5, 5.41) is 2.46. The minimum absolute atomic E-state index is 0.0958. The highest BCUT2D eigenvalue weighted by Crippen LogP contribution is 2.26. The average Bonchev–Trinajstić information content (AvgIpc) is 2.59. The molecule has 6 nitrogen and oxygen atoms in total. The number of benzene rings is 1. The number of hydrogen-bond acceptors (Lipinski definition) is 4. The molecule has 0 spiro atoms. The molecule has 1 heterocycles. The second kappa shape index (κ2) is 7.96. The Hall–Kier alpha value is -2.26. The van der Waals surface area contributed by atoms with Crippen LogP contribution >= 0.6 is 15.9 Å². The second-order valence-electron chi connectivity index (χ2n) is 6.12. The van der Waals surface area contributed by atoms with Crippen molar-refractivity contribution in [1.82, 2.24) is 10.5 Å². The van der Waals surface area contributed by atoms with E-state index in [1.165, 1.54) is 18.2 Å². The van der Waals surface area contributed by atoms with Gasteiger partial charge in [-0.3, -0.25) is 14.4 Å². The molecule has 0 saturated heterocycles. The van der Waals surface area contributed by atoms with Gasteiger partial charge in [0.1, 0.15) is 5.82 Å². The molecule has 2 aromatic rings. The first kappa shape index (κ1) is 20.1. The summed E-state index contributed by atoms with van der Waals surface area (Å²) in [5.74, 6) is -2.72. The molecule has 0 radical (unpaired) electrons. The maximum absolute atomic E-state index is 14.3. The van der Waals surface area contributed by atoms with Crippen molar-refractivity contribution in [1.29, 1.82) is 0 Å². The van der Waals surface area contributed by atoms with E-state index >= 15 is 0 Å². The minimum Gasteiger partial charge on any atom is -0.350 e. The average molecular weight is 430 g/mol. The van der Waals surface area contributed by atoms with E-state index in [1.807, 2.05) is 6.92 Å². The fraction of sp³-hybridized carbons (Fsp3) is 0.294. The molecule has 1 amide bonds. The number of anilines is 2. The largest absolute Gasteiger partial charge is 0.350 e.